The van der Waals surface area contributed by atoms with E-state index in [1.807, 2.05) is 33.8 Å². The Morgan fingerprint density at radius 2 is 2.00 bits per heavy atom. The van der Waals surface area contributed by atoms with Crippen LogP contribution in [0.4, 0.5) is 0 Å². The van der Waals surface area contributed by atoms with Gasteiger partial charge in [0, 0.05) is 12.5 Å². The Balaban J connectivity index is 0.000000245. The fraction of sp³-hybridized carbons (Fsp3) is 0.636. The molecule has 1 aromatic rings. The summed E-state index contributed by atoms with van der Waals surface area (Å²) in [4.78, 5) is 4.85. The number of rotatable bonds is 0. The van der Waals surface area contributed by atoms with Gasteiger partial charge in [0.2, 0.25) is 0 Å². The van der Waals surface area contributed by atoms with E-state index in [0.717, 1.165) is 23.6 Å². The lowest BCUT2D eigenvalue weighted by Gasteiger charge is -1.93. The Labute approximate surface area is 91.3 Å². The van der Waals surface area contributed by atoms with Crippen molar-refractivity contribution in [3.63, 3.8) is 0 Å². The normalized spacial score (nSPS) is 18.1. The second kappa shape index (κ2) is 6.22. The molecule has 0 bridgehead atoms. The predicted octanol–water partition coefficient (Wildman–Crippen LogP) is 3.10. The smallest absolute Gasteiger partial charge is 0.133 e. The van der Waals surface area contributed by atoms with Gasteiger partial charge in [-0.25, -0.2) is 0 Å². The Hall–Kier alpha value is -1.32. The lowest BCUT2D eigenvalue weighted by Crippen LogP contribution is -1.97. The summed E-state index contributed by atoms with van der Waals surface area (Å²) < 4.78 is 4.71. The van der Waals surface area contributed by atoms with Gasteiger partial charge in [-0.3, -0.25) is 0 Å². The highest BCUT2D eigenvalue weighted by Gasteiger charge is 2.10. The molecule has 15 heavy (non-hydrogen) atoms. The topological polar surface area (TPSA) is 47.6 Å². The number of hydrogen-bond acceptors (Lipinski definition) is 4. The molecule has 1 unspecified atom stereocenters. The third-order valence-electron chi connectivity index (χ3n) is 1.72. The molecule has 1 aliphatic heterocycles. The van der Waals surface area contributed by atoms with E-state index in [4.69, 9.17) is 9.36 Å². The third kappa shape index (κ3) is 5.20. The monoisotopic (exact) mass is 212 g/mol. The largest absolute Gasteiger partial charge is 0.392 e. The second-order valence-corrected chi connectivity index (χ2v) is 3.53. The van der Waals surface area contributed by atoms with Crippen LogP contribution in [0.2, 0.25) is 0 Å². The van der Waals surface area contributed by atoms with Crippen molar-refractivity contribution in [2.45, 2.75) is 47.6 Å². The third-order valence-corrected chi connectivity index (χ3v) is 1.72. The molecule has 0 aliphatic carbocycles. The van der Waals surface area contributed by atoms with Crippen molar-refractivity contribution in [3.05, 3.63) is 17.5 Å². The molecule has 0 radical (unpaired) electrons. The maximum Gasteiger partial charge on any atom is 0.133 e. The van der Waals surface area contributed by atoms with Crippen LogP contribution in [0.3, 0.4) is 0 Å². The minimum atomic E-state index is 0. The van der Waals surface area contributed by atoms with Gasteiger partial charge in [0.1, 0.15) is 11.9 Å². The molecule has 0 fully saturated rings. The average molecular weight is 212 g/mol. The van der Waals surface area contributed by atoms with Gasteiger partial charge in [0.25, 0.3) is 0 Å². The van der Waals surface area contributed by atoms with Crippen LogP contribution >= 0.6 is 0 Å². The summed E-state index contributed by atoms with van der Waals surface area (Å²) in [5.74, 6) is 0.873. The molecule has 1 aliphatic rings. The maximum absolute atomic E-state index is 4.85. The highest BCUT2D eigenvalue weighted by Crippen LogP contribution is 2.07. The van der Waals surface area contributed by atoms with Crippen LogP contribution in [0, 0.1) is 13.8 Å². The molecule has 0 aromatic carbocycles. The molecule has 0 spiro atoms. The summed E-state index contributed by atoms with van der Waals surface area (Å²) in [6.45, 7) is 7.76. The van der Waals surface area contributed by atoms with E-state index in [1.165, 1.54) is 0 Å². The van der Waals surface area contributed by atoms with Gasteiger partial charge in [-0.05, 0) is 27.7 Å². The second-order valence-electron chi connectivity index (χ2n) is 3.53. The molecule has 0 saturated carbocycles. The minimum absolute atomic E-state index is 0. The Morgan fingerprint density at radius 3 is 2.13 bits per heavy atom. The van der Waals surface area contributed by atoms with E-state index in [-0.39, 0.29) is 7.43 Å². The van der Waals surface area contributed by atoms with Gasteiger partial charge in [0.05, 0.1) is 11.4 Å². The number of aryl methyl sites for hydroxylation is 2. The maximum atomic E-state index is 4.85. The van der Waals surface area contributed by atoms with E-state index < -0.39 is 0 Å². The summed E-state index contributed by atoms with van der Waals surface area (Å²) >= 11 is 0. The lowest BCUT2D eigenvalue weighted by molar-refractivity contribution is 0.0995. The first kappa shape index (κ1) is 13.7. The van der Waals surface area contributed by atoms with Crippen LogP contribution in [-0.2, 0) is 4.84 Å². The van der Waals surface area contributed by atoms with Gasteiger partial charge in [-0.1, -0.05) is 17.7 Å². The quantitative estimate of drug-likeness (QED) is 0.664. The van der Waals surface area contributed by atoms with Crippen LogP contribution in [0.5, 0.6) is 0 Å². The molecule has 1 atom stereocenters. The molecule has 0 amide bonds. The molecule has 0 saturated heterocycles. The number of hydrogen-bond donors (Lipinski definition) is 0. The van der Waals surface area contributed by atoms with E-state index in [2.05, 4.69) is 10.3 Å². The SMILES string of the molecule is C.CC1=NOC(C)C1.Cc1cc(C)on1. The standard InChI is InChI=1S/C5H9NO.C5H7NO.CH4/c2*1-4-3-5(2)7-6-4;/h5H,3H2,1-2H3;3H,1-2H3;1H4. The first-order chi connectivity index (χ1) is 6.58. The fourth-order valence-corrected chi connectivity index (χ4v) is 1.16. The Kier molecular flexibility index (Phi) is 5.67. The summed E-state index contributed by atoms with van der Waals surface area (Å²) in [5.41, 5.74) is 2.05. The number of nitrogens with zero attached hydrogens (tertiary/aromatic N) is 2. The summed E-state index contributed by atoms with van der Waals surface area (Å²) in [6, 6.07) is 1.89. The highest BCUT2D eigenvalue weighted by molar-refractivity contribution is 5.82. The van der Waals surface area contributed by atoms with Crippen LogP contribution in [-0.4, -0.2) is 17.0 Å². The van der Waals surface area contributed by atoms with Crippen molar-refractivity contribution in [1.82, 2.24) is 5.16 Å². The summed E-state index contributed by atoms with van der Waals surface area (Å²) in [6.07, 6.45) is 1.32. The zero-order valence-corrected chi connectivity index (χ0v) is 9.07. The van der Waals surface area contributed by atoms with Gasteiger partial charge in [-0.2, -0.15) is 0 Å². The molecule has 4 nitrogen and oxygen atoms in total. The Bertz CT molecular complexity index is 302. The van der Waals surface area contributed by atoms with Crippen molar-refractivity contribution in [1.29, 1.82) is 0 Å². The zero-order valence-electron chi connectivity index (χ0n) is 9.07. The number of aromatic nitrogens is 1. The zero-order chi connectivity index (χ0) is 10.6. The average Bonchev–Trinajstić information content (AvgIpc) is 2.63. The summed E-state index contributed by atoms with van der Waals surface area (Å²) in [5, 5.41) is 7.38. The van der Waals surface area contributed by atoms with Crippen LogP contribution in [0.15, 0.2) is 15.7 Å². The van der Waals surface area contributed by atoms with Crippen LogP contribution in [0.25, 0.3) is 0 Å². The van der Waals surface area contributed by atoms with Crippen molar-refractivity contribution in [2.24, 2.45) is 5.16 Å². The van der Waals surface area contributed by atoms with Crippen molar-refractivity contribution < 1.29 is 9.36 Å². The first-order valence-corrected chi connectivity index (χ1v) is 4.67. The molecule has 0 N–H and O–H groups in total. The highest BCUT2D eigenvalue weighted by atomic mass is 16.6. The first-order valence-electron chi connectivity index (χ1n) is 4.67. The van der Waals surface area contributed by atoms with Gasteiger partial charge >= 0.3 is 0 Å². The fourth-order valence-electron chi connectivity index (χ4n) is 1.16. The van der Waals surface area contributed by atoms with Crippen LogP contribution < -0.4 is 0 Å². The molecular formula is C11H20N2O2. The molecule has 1 aromatic heterocycles. The van der Waals surface area contributed by atoms with Crippen molar-refractivity contribution in [2.75, 3.05) is 0 Å². The number of oxime groups is 1. The van der Waals surface area contributed by atoms with Gasteiger partial charge in [0.15, 0.2) is 0 Å². The van der Waals surface area contributed by atoms with Crippen molar-refractivity contribution in [3.8, 4) is 0 Å². The molecule has 4 heteroatoms. The lowest BCUT2D eigenvalue weighted by atomic mass is 10.2. The Morgan fingerprint density at radius 1 is 1.33 bits per heavy atom. The minimum Gasteiger partial charge on any atom is -0.392 e. The van der Waals surface area contributed by atoms with E-state index >= 15 is 0 Å². The molecule has 86 valence electrons. The molecular weight excluding hydrogens is 192 g/mol. The van der Waals surface area contributed by atoms with Gasteiger partial charge in [-0.15, -0.1) is 0 Å². The molecule has 2 heterocycles. The van der Waals surface area contributed by atoms with Crippen molar-refractivity contribution >= 4 is 5.71 Å². The van der Waals surface area contributed by atoms with Gasteiger partial charge < -0.3 is 9.36 Å². The molecule has 2 rings (SSSR count). The predicted molar refractivity (Wildman–Crippen MR) is 61.0 cm³/mol. The van der Waals surface area contributed by atoms with E-state index in [0.29, 0.717) is 6.10 Å². The van der Waals surface area contributed by atoms with E-state index in [1.54, 1.807) is 0 Å². The summed E-state index contributed by atoms with van der Waals surface area (Å²) in [7, 11) is 0. The van der Waals surface area contributed by atoms with Crippen LogP contribution in [0.1, 0.15) is 39.1 Å². The van der Waals surface area contributed by atoms with E-state index in [9.17, 15) is 0 Å².